The van der Waals surface area contributed by atoms with Crippen LogP contribution in [0.3, 0.4) is 0 Å². The van der Waals surface area contributed by atoms with Crippen molar-refractivity contribution in [2.75, 3.05) is 19.0 Å². The SMILES string of the molecule is CCCCOc1ccc(C2C(C(=O)OC(C)C)=C(C)Nc3nc(SCc4ccccc4Cl)nn32)cc1OC. The van der Waals surface area contributed by atoms with Gasteiger partial charge >= 0.3 is 5.97 Å². The second-order valence-electron chi connectivity index (χ2n) is 9.18. The lowest BCUT2D eigenvalue weighted by Gasteiger charge is -2.29. The number of hydrogen-bond donors (Lipinski definition) is 1. The summed E-state index contributed by atoms with van der Waals surface area (Å²) in [7, 11) is 1.60. The summed E-state index contributed by atoms with van der Waals surface area (Å²) < 4.78 is 18.9. The van der Waals surface area contributed by atoms with Crippen molar-refractivity contribution in [3.05, 3.63) is 69.9 Å². The smallest absolute Gasteiger partial charge is 0.338 e. The first kappa shape index (κ1) is 27.9. The molecular formula is C28H33ClN4O4S. The monoisotopic (exact) mass is 556 g/mol. The number of fused-ring (bicyclic) bond motifs is 1. The number of anilines is 1. The van der Waals surface area contributed by atoms with E-state index in [9.17, 15) is 4.79 Å². The summed E-state index contributed by atoms with van der Waals surface area (Å²) in [6, 6.07) is 12.8. The van der Waals surface area contributed by atoms with Gasteiger partial charge in [-0.1, -0.05) is 61.0 Å². The standard InChI is InChI=1S/C28H33ClN4O4S/c1-6-7-14-36-22-13-12-19(15-23(22)35-5)25-24(26(34)37-17(2)3)18(4)30-27-31-28(32-33(25)27)38-16-20-10-8-9-11-21(20)29/h8-13,15,17,25H,6-7,14,16H2,1-5H3,(H,30,31,32). The van der Waals surface area contributed by atoms with E-state index in [0.29, 0.717) is 51.3 Å². The Balaban J connectivity index is 1.71. The van der Waals surface area contributed by atoms with E-state index in [-0.39, 0.29) is 6.10 Å². The molecule has 0 radical (unpaired) electrons. The second-order valence-corrected chi connectivity index (χ2v) is 10.5. The Morgan fingerprint density at radius 3 is 2.71 bits per heavy atom. The number of ether oxygens (including phenoxy) is 3. The van der Waals surface area contributed by atoms with E-state index >= 15 is 0 Å². The van der Waals surface area contributed by atoms with Crippen LogP contribution in [0.4, 0.5) is 5.95 Å². The Kier molecular flexibility index (Phi) is 9.22. The van der Waals surface area contributed by atoms with Crippen LogP contribution in [0.5, 0.6) is 11.5 Å². The minimum atomic E-state index is -0.571. The maximum Gasteiger partial charge on any atom is 0.338 e. The van der Waals surface area contributed by atoms with Gasteiger partial charge in [0.05, 0.1) is 25.4 Å². The number of rotatable bonds is 11. The number of carbonyl (C=O) groups is 1. The summed E-state index contributed by atoms with van der Waals surface area (Å²) in [4.78, 5) is 18.0. The van der Waals surface area contributed by atoms with Crippen molar-refractivity contribution in [3.63, 3.8) is 0 Å². The van der Waals surface area contributed by atoms with Gasteiger partial charge in [0.15, 0.2) is 11.5 Å². The van der Waals surface area contributed by atoms with Crippen LogP contribution in [-0.4, -0.2) is 40.6 Å². The lowest BCUT2D eigenvalue weighted by molar-refractivity contribution is -0.143. The molecule has 4 rings (SSSR count). The molecule has 1 aliphatic rings. The van der Waals surface area contributed by atoms with E-state index in [1.54, 1.807) is 11.8 Å². The molecule has 0 aliphatic carbocycles. The van der Waals surface area contributed by atoms with Crippen LogP contribution < -0.4 is 14.8 Å². The molecule has 2 heterocycles. The van der Waals surface area contributed by atoms with Crippen molar-refractivity contribution in [2.45, 2.75) is 63.6 Å². The fourth-order valence-electron chi connectivity index (χ4n) is 4.10. The average Bonchev–Trinajstić information content (AvgIpc) is 3.29. The molecule has 38 heavy (non-hydrogen) atoms. The zero-order valence-corrected chi connectivity index (χ0v) is 23.9. The maximum absolute atomic E-state index is 13.3. The van der Waals surface area contributed by atoms with E-state index in [1.165, 1.54) is 11.8 Å². The zero-order chi connectivity index (χ0) is 27.2. The molecule has 0 bridgehead atoms. The van der Waals surface area contributed by atoms with Crippen molar-refractivity contribution in [2.24, 2.45) is 0 Å². The molecule has 8 nitrogen and oxygen atoms in total. The van der Waals surface area contributed by atoms with Gasteiger partial charge < -0.3 is 19.5 Å². The van der Waals surface area contributed by atoms with Gasteiger partial charge in [0, 0.05) is 16.5 Å². The number of benzene rings is 2. The predicted octanol–water partition coefficient (Wildman–Crippen LogP) is 6.65. The lowest BCUT2D eigenvalue weighted by Crippen LogP contribution is -2.30. The Morgan fingerprint density at radius 2 is 2.00 bits per heavy atom. The van der Waals surface area contributed by atoms with Crippen molar-refractivity contribution in [1.82, 2.24) is 14.8 Å². The Hall–Kier alpha value is -3.17. The molecule has 0 amide bonds. The number of nitrogens with zero attached hydrogens (tertiary/aromatic N) is 3. The number of methoxy groups -OCH3 is 1. The van der Waals surface area contributed by atoms with Crippen molar-refractivity contribution >= 4 is 35.3 Å². The molecule has 10 heteroatoms. The largest absolute Gasteiger partial charge is 0.493 e. The predicted molar refractivity (Wildman–Crippen MR) is 150 cm³/mol. The van der Waals surface area contributed by atoms with E-state index < -0.39 is 12.0 Å². The number of hydrogen-bond acceptors (Lipinski definition) is 8. The normalized spacial score (nSPS) is 14.8. The van der Waals surface area contributed by atoms with Crippen LogP contribution in [0.2, 0.25) is 5.02 Å². The topological polar surface area (TPSA) is 87.5 Å². The van der Waals surface area contributed by atoms with Crippen molar-refractivity contribution in [3.8, 4) is 11.5 Å². The highest BCUT2D eigenvalue weighted by Gasteiger charge is 2.36. The van der Waals surface area contributed by atoms with Crippen LogP contribution in [0.15, 0.2) is 58.9 Å². The zero-order valence-electron chi connectivity index (χ0n) is 22.3. The van der Waals surface area contributed by atoms with E-state index in [1.807, 2.05) is 63.2 Å². The molecule has 0 saturated carbocycles. The summed E-state index contributed by atoms with van der Waals surface area (Å²) in [5.74, 6) is 1.98. The highest BCUT2D eigenvalue weighted by atomic mass is 35.5. The molecule has 0 fully saturated rings. The van der Waals surface area contributed by atoms with Crippen LogP contribution in [0, 0.1) is 0 Å². The Morgan fingerprint density at radius 1 is 1.21 bits per heavy atom. The molecule has 202 valence electrons. The quantitative estimate of drug-likeness (QED) is 0.159. The van der Waals surface area contributed by atoms with Gasteiger partial charge in [-0.25, -0.2) is 9.48 Å². The summed E-state index contributed by atoms with van der Waals surface area (Å²) in [5.41, 5.74) is 2.91. The molecular weight excluding hydrogens is 524 g/mol. The van der Waals surface area contributed by atoms with Gasteiger partial charge in [-0.2, -0.15) is 4.98 Å². The van der Waals surface area contributed by atoms with Crippen LogP contribution in [-0.2, 0) is 15.3 Å². The van der Waals surface area contributed by atoms with E-state index in [0.717, 1.165) is 24.0 Å². The fourth-order valence-corrected chi connectivity index (χ4v) is 5.22. The fraction of sp³-hybridized carbons (Fsp3) is 0.393. The van der Waals surface area contributed by atoms with Crippen molar-refractivity contribution in [1.29, 1.82) is 0 Å². The molecule has 0 saturated heterocycles. The molecule has 1 aliphatic heterocycles. The van der Waals surface area contributed by atoms with Gasteiger partial charge in [0.2, 0.25) is 11.1 Å². The molecule has 1 atom stereocenters. The summed E-state index contributed by atoms with van der Waals surface area (Å²) >= 11 is 7.81. The first-order valence-electron chi connectivity index (χ1n) is 12.6. The van der Waals surface area contributed by atoms with E-state index in [4.69, 9.17) is 35.9 Å². The molecule has 1 unspecified atom stereocenters. The number of allylic oxidation sites excluding steroid dienone is 1. The number of aromatic nitrogens is 3. The minimum absolute atomic E-state index is 0.272. The highest BCUT2D eigenvalue weighted by molar-refractivity contribution is 7.98. The number of nitrogens with one attached hydrogen (secondary N) is 1. The third kappa shape index (κ3) is 6.27. The van der Waals surface area contributed by atoms with Crippen LogP contribution in [0.25, 0.3) is 0 Å². The number of esters is 1. The number of carbonyl (C=O) groups excluding carboxylic acids is 1. The minimum Gasteiger partial charge on any atom is -0.493 e. The molecule has 1 aromatic heterocycles. The van der Waals surface area contributed by atoms with Crippen molar-refractivity contribution < 1.29 is 19.0 Å². The molecule has 0 spiro atoms. The first-order chi connectivity index (χ1) is 18.3. The van der Waals surface area contributed by atoms with E-state index in [2.05, 4.69) is 12.2 Å². The average molecular weight is 557 g/mol. The van der Waals surface area contributed by atoms with Gasteiger partial charge in [-0.15, -0.1) is 5.10 Å². The highest BCUT2D eigenvalue weighted by Crippen LogP contribution is 2.40. The first-order valence-corrected chi connectivity index (χ1v) is 14.0. The Bertz CT molecular complexity index is 1320. The summed E-state index contributed by atoms with van der Waals surface area (Å²) in [6.45, 7) is 8.22. The van der Waals surface area contributed by atoms with Gasteiger partial charge in [0.1, 0.15) is 6.04 Å². The molecule has 3 aromatic rings. The number of unbranched alkanes of at least 4 members (excludes halogenated alkanes) is 1. The number of thioether (sulfide) groups is 1. The summed E-state index contributed by atoms with van der Waals surface area (Å²) in [6.07, 6.45) is 1.71. The summed E-state index contributed by atoms with van der Waals surface area (Å²) in [5, 5.41) is 9.29. The van der Waals surface area contributed by atoms with Crippen LogP contribution >= 0.6 is 23.4 Å². The maximum atomic E-state index is 13.3. The lowest BCUT2D eigenvalue weighted by atomic mass is 9.95. The van der Waals surface area contributed by atoms with Gasteiger partial charge in [0.25, 0.3) is 0 Å². The third-order valence-electron chi connectivity index (χ3n) is 5.97. The van der Waals surface area contributed by atoms with Gasteiger partial charge in [-0.05, 0) is 56.5 Å². The number of halogens is 1. The second kappa shape index (κ2) is 12.6. The van der Waals surface area contributed by atoms with Gasteiger partial charge in [-0.3, -0.25) is 0 Å². The van der Waals surface area contributed by atoms with Crippen LogP contribution in [0.1, 0.15) is 57.7 Å². The molecule has 2 aromatic carbocycles. The third-order valence-corrected chi connectivity index (χ3v) is 7.22. The molecule has 1 N–H and O–H groups in total. The Labute approximate surface area is 232 Å².